The Hall–Kier alpha value is -1.96. The Kier molecular flexibility index (Phi) is 2.88. The van der Waals surface area contributed by atoms with E-state index in [1.807, 2.05) is 30.3 Å². The van der Waals surface area contributed by atoms with Gasteiger partial charge in [-0.2, -0.15) is 0 Å². The zero-order valence-electron chi connectivity index (χ0n) is 8.10. The summed E-state index contributed by atoms with van der Waals surface area (Å²) < 4.78 is 13.2. The van der Waals surface area contributed by atoms with Crippen LogP contribution in [0.1, 0.15) is 5.56 Å². The van der Waals surface area contributed by atoms with Gasteiger partial charge in [-0.05, 0) is 18.2 Å². The predicted octanol–water partition coefficient (Wildman–Crippen LogP) is 3.58. The van der Waals surface area contributed by atoms with Crippen molar-refractivity contribution in [3.8, 4) is 0 Å². The molecule has 0 fully saturated rings. The number of hydrogen-bond acceptors (Lipinski definition) is 1. The number of benzene rings is 2. The summed E-state index contributed by atoms with van der Waals surface area (Å²) >= 11 is 0. The molecule has 0 unspecified atom stereocenters. The summed E-state index contributed by atoms with van der Waals surface area (Å²) in [6, 6.07) is 16.0. The van der Waals surface area contributed by atoms with E-state index < -0.39 is 0 Å². The fourth-order valence-corrected chi connectivity index (χ4v) is 1.24. The molecule has 0 aliphatic heterocycles. The van der Waals surface area contributed by atoms with Crippen molar-refractivity contribution in [3.05, 3.63) is 66.0 Å². The molecule has 0 saturated carbocycles. The number of nitrogens with zero attached hydrogens (tertiary/aromatic N) is 1. The lowest BCUT2D eigenvalue weighted by Gasteiger charge is -1.95. The Bertz CT molecular complexity index is 463. The SMILES string of the molecule is Fc1ccccc1C=Nc1ccccc1. The lowest BCUT2D eigenvalue weighted by molar-refractivity contribution is 0.626. The first-order valence-corrected chi connectivity index (χ1v) is 4.70. The van der Waals surface area contributed by atoms with E-state index in [1.165, 1.54) is 12.3 Å². The van der Waals surface area contributed by atoms with E-state index in [0.29, 0.717) is 5.56 Å². The quantitative estimate of drug-likeness (QED) is 0.655. The van der Waals surface area contributed by atoms with Crippen LogP contribution in [0.3, 0.4) is 0 Å². The minimum Gasteiger partial charge on any atom is -0.256 e. The van der Waals surface area contributed by atoms with Crippen LogP contribution in [0.2, 0.25) is 0 Å². The maximum atomic E-state index is 13.2. The molecule has 0 heterocycles. The van der Waals surface area contributed by atoms with Crippen molar-refractivity contribution in [1.29, 1.82) is 0 Å². The van der Waals surface area contributed by atoms with Crippen LogP contribution in [0, 0.1) is 5.82 Å². The summed E-state index contributed by atoms with van der Waals surface area (Å²) in [5.74, 6) is -0.253. The molecule has 0 aliphatic rings. The Morgan fingerprint density at radius 1 is 0.867 bits per heavy atom. The first-order valence-electron chi connectivity index (χ1n) is 4.70. The van der Waals surface area contributed by atoms with Crippen molar-refractivity contribution in [2.75, 3.05) is 0 Å². The standard InChI is InChI=1S/C13H10FN/c14-13-9-5-4-6-11(13)10-15-12-7-2-1-3-8-12/h1-10H. The number of para-hydroxylation sites is 1. The van der Waals surface area contributed by atoms with Crippen LogP contribution >= 0.6 is 0 Å². The third-order valence-corrected chi connectivity index (χ3v) is 2.01. The van der Waals surface area contributed by atoms with Crippen LogP contribution in [-0.4, -0.2) is 6.21 Å². The lowest BCUT2D eigenvalue weighted by Crippen LogP contribution is -1.85. The third kappa shape index (κ3) is 2.50. The molecule has 0 aliphatic carbocycles. The van der Waals surface area contributed by atoms with Gasteiger partial charge in [-0.25, -0.2) is 4.39 Å². The maximum absolute atomic E-state index is 13.2. The van der Waals surface area contributed by atoms with Crippen molar-refractivity contribution < 1.29 is 4.39 Å². The molecule has 0 atom stereocenters. The van der Waals surface area contributed by atoms with Crippen LogP contribution in [0.5, 0.6) is 0 Å². The van der Waals surface area contributed by atoms with Gasteiger partial charge in [0.15, 0.2) is 0 Å². The molecule has 2 aromatic rings. The van der Waals surface area contributed by atoms with Gasteiger partial charge in [0, 0.05) is 11.8 Å². The van der Waals surface area contributed by atoms with E-state index in [2.05, 4.69) is 4.99 Å². The fraction of sp³-hybridized carbons (Fsp3) is 0. The molecule has 2 rings (SSSR count). The smallest absolute Gasteiger partial charge is 0.131 e. The maximum Gasteiger partial charge on any atom is 0.131 e. The first-order chi connectivity index (χ1) is 7.36. The largest absolute Gasteiger partial charge is 0.256 e. The van der Waals surface area contributed by atoms with Gasteiger partial charge in [-0.1, -0.05) is 36.4 Å². The van der Waals surface area contributed by atoms with Gasteiger partial charge in [0.2, 0.25) is 0 Å². The molecular weight excluding hydrogens is 189 g/mol. The minimum absolute atomic E-state index is 0.253. The van der Waals surface area contributed by atoms with Crippen molar-refractivity contribution in [2.45, 2.75) is 0 Å². The van der Waals surface area contributed by atoms with E-state index >= 15 is 0 Å². The number of halogens is 1. The number of rotatable bonds is 2. The molecule has 15 heavy (non-hydrogen) atoms. The monoisotopic (exact) mass is 199 g/mol. The van der Waals surface area contributed by atoms with Crippen LogP contribution in [0.25, 0.3) is 0 Å². The zero-order chi connectivity index (χ0) is 10.5. The molecule has 0 spiro atoms. The summed E-state index contributed by atoms with van der Waals surface area (Å²) in [5, 5.41) is 0. The molecule has 0 bridgehead atoms. The van der Waals surface area contributed by atoms with Gasteiger partial charge in [0.05, 0.1) is 5.69 Å². The number of hydrogen-bond donors (Lipinski definition) is 0. The molecule has 2 heteroatoms. The molecule has 0 aromatic heterocycles. The average molecular weight is 199 g/mol. The second kappa shape index (κ2) is 4.51. The lowest BCUT2D eigenvalue weighted by atomic mass is 10.2. The highest BCUT2D eigenvalue weighted by Gasteiger charge is 1.95. The van der Waals surface area contributed by atoms with Gasteiger partial charge in [-0.3, -0.25) is 4.99 Å². The molecule has 0 saturated heterocycles. The topological polar surface area (TPSA) is 12.4 Å². The second-order valence-electron chi connectivity index (χ2n) is 3.12. The normalized spacial score (nSPS) is 10.7. The molecular formula is C13H10FN. The first kappa shape index (κ1) is 9.59. The summed E-state index contributed by atoms with van der Waals surface area (Å²) in [5.41, 5.74) is 1.32. The molecule has 0 N–H and O–H groups in total. The van der Waals surface area contributed by atoms with E-state index in [9.17, 15) is 4.39 Å². The van der Waals surface area contributed by atoms with Crippen molar-refractivity contribution in [1.82, 2.24) is 0 Å². The summed E-state index contributed by atoms with van der Waals surface area (Å²) in [6.45, 7) is 0. The summed E-state index contributed by atoms with van der Waals surface area (Å²) in [6.07, 6.45) is 1.53. The molecule has 2 aromatic carbocycles. The minimum atomic E-state index is -0.253. The fourth-order valence-electron chi connectivity index (χ4n) is 1.24. The highest BCUT2D eigenvalue weighted by atomic mass is 19.1. The van der Waals surface area contributed by atoms with E-state index in [1.54, 1.807) is 18.2 Å². The number of aliphatic imine (C=N–C) groups is 1. The molecule has 0 radical (unpaired) electrons. The Morgan fingerprint density at radius 3 is 2.27 bits per heavy atom. The zero-order valence-corrected chi connectivity index (χ0v) is 8.10. The van der Waals surface area contributed by atoms with Gasteiger partial charge in [-0.15, -0.1) is 0 Å². The van der Waals surface area contributed by atoms with E-state index in [4.69, 9.17) is 0 Å². The van der Waals surface area contributed by atoms with E-state index in [-0.39, 0.29) is 5.82 Å². The van der Waals surface area contributed by atoms with Crippen LogP contribution in [0.4, 0.5) is 10.1 Å². The highest BCUT2D eigenvalue weighted by Crippen LogP contribution is 2.10. The summed E-state index contributed by atoms with van der Waals surface area (Å²) in [7, 11) is 0. The highest BCUT2D eigenvalue weighted by molar-refractivity contribution is 5.82. The molecule has 74 valence electrons. The van der Waals surface area contributed by atoms with E-state index in [0.717, 1.165) is 5.69 Å². The molecule has 1 nitrogen and oxygen atoms in total. The predicted molar refractivity (Wildman–Crippen MR) is 60.1 cm³/mol. The van der Waals surface area contributed by atoms with Gasteiger partial charge in [0.1, 0.15) is 5.82 Å². The van der Waals surface area contributed by atoms with Gasteiger partial charge < -0.3 is 0 Å². The van der Waals surface area contributed by atoms with Crippen LogP contribution in [-0.2, 0) is 0 Å². The average Bonchev–Trinajstić information content (AvgIpc) is 2.29. The third-order valence-electron chi connectivity index (χ3n) is 2.01. The van der Waals surface area contributed by atoms with Crippen LogP contribution < -0.4 is 0 Å². The Morgan fingerprint density at radius 2 is 1.53 bits per heavy atom. The Balaban J connectivity index is 2.23. The molecule has 0 amide bonds. The summed E-state index contributed by atoms with van der Waals surface area (Å²) in [4.78, 5) is 4.17. The van der Waals surface area contributed by atoms with Crippen molar-refractivity contribution in [3.63, 3.8) is 0 Å². The van der Waals surface area contributed by atoms with Crippen molar-refractivity contribution >= 4 is 11.9 Å². The van der Waals surface area contributed by atoms with Crippen LogP contribution in [0.15, 0.2) is 59.6 Å². The van der Waals surface area contributed by atoms with Gasteiger partial charge in [0.25, 0.3) is 0 Å². The van der Waals surface area contributed by atoms with Crippen molar-refractivity contribution in [2.24, 2.45) is 4.99 Å². The second-order valence-corrected chi connectivity index (χ2v) is 3.12. The van der Waals surface area contributed by atoms with Gasteiger partial charge >= 0.3 is 0 Å². The Labute approximate surface area is 87.9 Å².